The molecule has 0 aromatic rings. The van der Waals surface area contributed by atoms with E-state index in [-0.39, 0.29) is 6.03 Å². The maximum atomic E-state index is 11.1. The highest BCUT2D eigenvalue weighted by molar-refractivity contribution is 5.64. The van der Waals surface area contributed by atoms with Gasteiger partial charge < -0.3 is 11.1 Å². The van der Waals surface area contributed by atoms with E-state index in [9.17, 15) is 4.79 Å². The van der Waals surface area contributed by atoms with Crippen molar-refractivity contribution in [2.24, 2.45) is 5.73 Å². The van der Waals surface area contributed by atoms with Gasteiger partial charge in [-0.25, -0.2) is 9.28 Å². The molecular formula is C7H16N3O+. The van der Waals surface area contributed by atoms with E-state index in [1.165, 1.54) is 0 Å². The molecule has 4 heteroatoms. The number of nitrogens with zero attached hydrogens (tertiary/aromatic N) is 1. The van der Waals surface area contributed by atoms with Crippen LogP contribution in [-0.4, -0.2) is 43.2 Å². The third-order valence-corrected chi connectivity index (χ3v) is 2.67. The summed E-state index contributed by atoms with van der Waals surface area (Å²) in [7, 11) is 1.90. The average Bonchev–Trinajstić information content (AvgIpc) is 1.95. The second-order valence-electron chi connectivity index (χ2n) is 3.38. The van der Waals surface area contributed by atoms with Crippen LogP contribution in [0.2, 0.25) is 0 Å². The number of hydrogen-bond acceptors (Lipinski definition) is 2. The van der Waals surface area contributed by atoms with E-state index < -0.39 is 0 Å². The van der Waals surface area contributed by atoms with Crippen molar-refractivity contribution in [3.63, 3.8) is 0 Å². The molecule has 64 valence electrons. The number of primary amides is 1. The fourth-order valence-electron chi connectivity index (χ4n) is 1.37. The second-order valence-corrected chi connectivity index (χ2v) is 3.38. The molecule has 1 rings (SSSR count). The normalized spacial score (nSPS) is 38.5. The van der Waals surface area contributed by atoms with Crippen LogP contribution in [0.4, 0.5) is 4.79 Å². The van der Waals surface area contributed by atoms with Crippen molar-refractivity contribution in [1.29, 1.82) is 0 Å². The minimum atomic E-state index is -0.223. The summed E-state index contributed by atoms with van der Waals surface area (Å²) < 4.78 is 0.368. The van der Waals surface area contributed by atoms with Gasteiger partial charge in [0, 0.05) is 13.1 Å². The predicted octanol–water partition coefficient (Wildman–Crippen LogP) is -0.497. The first-order chi connectivity index (χ1) is 5.07. The Morgan fingerprint density at radius 3 is 2.73 bits per heavy atom. The zero-order valence-electron chi connectivity index (χ0n) is 7.13. The van der Waals surface area contributed by atoms with E-state index in [0.717, 1.165) is 19.6 Å². The van der Waals surface area contributed by atoms with E-state index in [2.05, 4.69) is 5.32 Å². The van der Waals surface area contributed by atoms with Gasteiger partial charge in [-0.15, -0.1) is 0 Å². The van der Waals surface area contributed by atoms with Gasteiger partial charge in [0.25, 0.3) is 0 Å². The first-order valence-corrected chi connectivity index (χ1v) is 3.93. The lowest BCUT2D eigenvalue weighted by molar-refractivity contribution is -0.855. The van der Waals surface area contributed by atoms with Crippen molar-refractivity contribution in [1.82, 2.24) is 5.32 Å². The maximum Gasteiger partial charge on any atom is 0.414 e. The van der Waals surface area contributed by atoms with Gasteiger partial charge in [0.15, 0.2) is 0 Å². The monoisotopic (exact) mass is 158 g/mol. The fraction of sp³-hybridized carbons (Fsp3) is 0.857. The van der Waals surface area contributed by atoms with Gasteiger partial charge in [0.2, 0.25) is 0 Å². The fourth-order valence-corrected chi connectivity index (χ4v) is 1.37. The molecule has 0 saturated carbocycles. The van der Waals surface area contributed by atoms with Crippen molar-refractivity contribution in [2.75, 3.05) is 26.7 Å². The number of piperazine rings is 1. The summed E-state index contributed by atoms with van der Waals surface area (Å²) in [6.07, 6.45) is 0. The number of amides is 2. The van der Waals surface area contributed by atoms with E-state index in [1.807, 2.05) is 14.0 Å². The van der Waals surface area contributed by atoms with Gasteiger partial charge in [-0.2, -0.15) is 0 Å². The van der Waals surface area contributed by atoms with E-state index in [1.54, 1.807) is 0 Å². The molecule has 0 aliphatic carbocycles. The quantitative estimate of drug-likeness (QED) is 0.467. The number of quaternary nitrogens is 1. The van der Waals surface area contributed by atoms with Crippen LogP contribution in [0.1, 0.15) is 6.92 Å². The molecule has 0 aromatic heterocycles. The minimum absolute atomic E-state index is 0.223. The van der Waals surface area contributed by atoms with Gasteiger partial charge in [-0.1, -0.05) is 0 Å². The van der Waals surface area contributed by atoms with Gasteiger partial charge in [-0.05, 0) is 6.92 Å². The van der Waals surface area contributed by atoms with Crippen molar-refractivity contribution in [2.45, 2.75) is 13.0 Å². The molecule has 2 amide bonds. The zero-order valence-corrected chi connectivity index (χ0v) is 7.13. The number of hydrogen-bond donors (Lipinski definition) is 2. The number of rotatable bonds is 0. The summed E-state index contributed by atoms with van der Waals surface area (Å²) in [5.41, 5.74) is 5.30. The molecule has 0 aromatic carbocycles. The van der Waals surface area contributed by atoms with Gasteiger partial charge in [0.1, 0.15) is 6.04 Å². The summed E-state index contributed by atoms with van der Waals surface area (Å²) >= 11 is 0. The first-order valence-electron chi connectivity index (χ1n) is 3.93. The van der Waals surface area contributed by atoms with Crippen molar-refractivity contribution < 1.29 is 9.28 Å². The highest BCUT2D eigenvalue weighted by atomic mass is 16.2. The third-order valence-electron chi connectivity index (χ3n) is 2.67. The molecule has 1 saturated heterocycles. The molecule has 1 aliphatic heterocycles. The van der Waals surface area contributed by atoms with Crippen LogP contribution in [0, 0.1) is 0 Å². The summed E-state index contributed by atoms with van der Waals surface area (Å²) in [5.74, 6) is 0. The Morgan fingerprint density at radius 2 is 2.36 bits per heavy atom. The molecule has 1 heterocycles. The number of nitrogens with one attached hydrogen (secondary N) is 1. The number of carbonyl (C=O) groups excluding carboxylic acids is 1. The van der Waals surface area contributed by atoms with E-state index >= 15 is 0 Å². The van der Waals surface area contributed by atoms with Gasteiger partial charge in [0.05, 0.1) is 13.6 Å². The summed E-state index contributed by atoms with van der Waals surface area (Å²) in [4.78, 5) is 11.1. The van der Waals surface area contributed by atoms with Crippen LogP contribution in [0.5, 0.6) is 0 Å². The molecule has 11 heavy (non-hydrogen) atoms. The zero-order chi connectivity index (χ0) is 8.48. The molecule has 0 radical (unpaired) electrons. The molecule has 4 nitrogen and oxygen atoms in total. The Morgan fingerprint density at radius 1 is 1.73 bits per heavy atom. The average molecular weight is 158 g/mol. The lowest BCUT2D eigenvalue weighted by Crippen LogP contribution is -2.65. The van der Waals surface area contributed by atoms with Gasteiger partial charge >= 0.3 is 6.03 Å². The van der Waals surface area contributed by atoms with Crippen LogP contribution in [0.25, 0.3) is 0 Å². The molecule has 2 atom stereocenters. The van der Waals surface area contributed by atoms with Crippen LogP contribution in [-0.2, 0) is 0 Å². The standard InChI is InChI=1S/C7H15N3O/c1-6-5-9-3-4-10(6,2)7(8)11/h6,9H,3-5H2,1-2H3,(H-,8,11)/p+1. The second kappa shape index (κ2) is 2.79. The number of urea groups is 1. The Balaban J connectivity index is 2.72. The van der Waals surface area contributed by atoms with Crippen LogP contribution >= 0.6 is 0 Å². The molecule has 3 N–H and O–H groups in total. The predicted molar refractivity (Wildman–Crippen MR) is 43.0 cm³/mol. The Kier molecular flexibility index (Phi) is 2.15. The lowest BCUT2D eigenvalue weighted by Gasteiger charge is -2.39. The Hall–Kier alpha value is -0.610. The summed E-state index contributed by atoms with van der Waals surface area (Å²) in [6.45, 7) is 4.59. The molecule has 0 spiro atoms. The summed E-state index contributed by atoms with van der Waals surface area (Å²) in [5, 5.41) is 3.22. The third kappa shape index (κ3) is 1.36. The van der Waals surface area contributed by atoms with E-state index in [4.69, 9.17) is 5.73 Å². The number of carbonyl (C=O) groups is 1. The number of likely N-dealkylation sites (N-methyl/N-ethyl adjacent to an activating group) is 1. The van der Waals surface area contributed by atoms with Gasteiger partial charge in [-0.3, -0.25) is 0 Å². The Labute approximate surface area is 66.9 Å². The topological polar surface area (TPSA) is 55.1 Å². The summed E-state index contributed by atoms with van der Waals surface area (Å²) in [6, 6.07) is 0.0697. The highest BCUT2D eigenvalue weighted by Crippen LogP contribution is 2.11. The van der Waals surface area contributed by atoms with Crippen molar-refractivity contribution >= 4 is 6.03 Å². The van der Waals surface area contributed by atoms with Crippen LogP contribution < -0.4 is 11.1 Å². The SMILES string of the molecule is CC1CNCC[N+]1(C)C(N)=O. The van der Waals surface area contributed by atoms with Crippen LogP contribution in [0.3, 0.4) is 0 Å². The maximum absolute atomic E-state index is 11.1. The largest absolute Gasteiger partial charge is 0.414 e. The minimum Gasteiger partial charge on any atom is -0.319 e. The lowest BCUT2D eigenvalue weighted by atomic mass is 10.2. The Bertz CT molecular complexity index is 171. The van der Waals surface area contributed by atoms with Crippen molar-refractivity contribution in [3.8, 4) is 0 Å². The molecule has 2 unspecified atom stereocenters. The van der Waals surface area contributed by atoms with Crippen LogP contribution in [0.15, 0.2) is 0 Å². The molecule has 0 bridgehead atoms. The van der Waals surface area contributed by atoms with Crippen molar-refractivity contribution in [3.05, 3.63) is 0 Å². The smallest absolute Gasteiger partial charge is 0.319 e. The highest BCUT2D eigenvalue weighted by Gasteiger charge is 2.37. The molecule has 1 aliphatic rings. The first kappa shape index (κ1) is 8.49. The molecular weight excluding hydrogens is 142 g/mol. The van der Waals surface area contributed by atoms with E-state index in [0.29, 0.717) is 10.5 Å². The number of nitrogens with two attached hydrogens (primary N) is 1. The molecule has 1 fully saturated rings.